The van der Waals surface area contributed by atoms with E-state index in [1.54, 1.807) is 6.92 Å². The van der Waals surface area contributed by atoms with Crippen molar-refractivity contribution in [2.24, 2.45) is 19.3 Å². The second-order valence-electron chi connectivity index (χ2n) is 11.1. The quantitative estimate of drug-likeness (QED) is 0.149. The van der Waals surface area contributed by atoms with Gasteiger partial charge in [0.2, 0.25) is 0 Å². The molecular weight excluding hydrogens is 835 g/mol. The third-order valence-corrected chi connectivity index (χ3v) is 7.41. The van der Waals surface area contributed by atoms with Gasteiger partial charge in [0, 0.05) is 38.4 Å². The summed E-state index contributed by atoms with van der Waals surface area (Å²) >= 11 is 11.7. The SMILES string of the molecule is CC(=O)COc1cc(-n2c(=O)cc(C(F)(F)F)n(C)c2=O)c(F)cc1Cl.CON=C(C)COc1cc(-n2c(=O)cc(C(F)(F)F)n(C)c2=O)c(F)cc1Cl.CO[NH3+]. The molecule has 2 aromatic heterocycles. The molecule has 15 nitrogen and oxygen atoms in total. The average molecular weight is 867 g/mol. The molecule has 0 spiro atoms. The molecule has 0 unspecified atom stereocenters. The van der Waals surface area contributed by atoms with Crippen LogP contribution in [0.1, 0.15) is 25.2 Å². The molecular formula is C32H31Cl2F8N6O9+. The summed E-state index contributed by atoms with van der Waals surface area (Å²) in [7, 11) is 4.44. The summed E-state index contributed by atoms with van der Waals surface area (Å²) in [5.74, 6) is 0.0435. The minimum absolute atomic E-state index is 0.113. The van der Waals surface area contributed by atoms with Crippen LogP contribution in [0.2, 0.25) is 10.0 Å². The topological polar surface area (TPSA) is 182 Å². The summed E-state index contributed by atoms with van der Waals surface area (Å²) in [5, 5.41) is 3.18. The van der Waals surface area contributed by atoms with Crippen LogP contribution in [0.3, 0.4) is 0 Å². The highest BCUT2D eigenvalue weighted by Crippen LogP contribution is 2.32. The summed E-state index contributed by atoms with van der Waals surface area (Å²) in [5.41, 5.74) is -9.37. The third-order valence-electron chi connectivity index (χ3n) is 6.82. The molecule has 2 heterocycles. The van der Waals surface area contributed by atoms with Gasteiger partial charge in [-0.05, 0) is 26.0 Å². The van der Waals surface area contributed by atoms with Gasteiger partial charge in [0.1, 0.15) is 54.8 Å². The number of oxime groups is 1. The van der Waals surface area contributed by atoms with E-state index in [-0.39, 0.29) is 64.3 Å². The third kappa shape index (κ3) is 12.0. The van der Waals surface area contributed by atoms with E-state index in [0.717, 1.165) is 38.4 Å². The molecule has 25 heteroatoms. The first-order valence-electron chi connectivity index (χ1n) is 15.2. The van der Waals surface area contributed by atoms with E-state index >= 15 is 0 Å². The zero-order valence-electron chi connectivity index (χ0n) is 30.3. The van der Waals surface area contributed by atoms with Crippen molar-refractivity contribution in [2.75, 3.05) is 27.4 Å². The lowest BCUT2D eigenvalue weighted by molar-refractivity contribution is -0.679. The van der Waals surface area contributed by atoms with Gasteiger partial charge in [-0.3, -0.25) is 23.5 Å². The van der Waals surface area contributed by atoms with Crippen LogP contribution in [-0.2, 0) is 40.9 Å². The number of quaternary nitrogens is 1. The van der Waals surface area contributed by atoms with E-state index in [4.69, 9.17) is 32.7 Å². The molecule has 0 atom stereocenters. The minimum Gasteiger partial charge on any atom is -0.486 e. The van der Waals surface area contributed by atoms with Crippen LogP contribution in [0.5, 0.6) is 11.5 Å². The van der Waals surface area contributed by atoms with E-state index in [0.29, 0.717) is 5.71 Å². The van der Waals surface area contributed by atoms with Crippen molar-refractivity contribution < 1.29 is 65.0 Å². The number of rotatable bonds is 9. The van der Waals surface area contributed by atoms with Crippen molar-refractivity contribution in [3.63, 3.8) is 0 Å². The van der Waals surface area contributed by atoms with Crippen molar-refractivity contribution in [1.82, 2.24) is 18.3 Å². The van der Waals surface area contributed by atoms with Crippen LogP contribution < -0.4 is 37.9 Å². The van der Waals surface area contributed by atoms with Gasteiger partial charge >= 0.3 is 23.7 Å². The molecule has 3 N–H and O–H groups in total. The molecule has 0 aliphatic heterocycles. The lowest BCUT2D eigenvalue weighted by atomic mass is 10.2. The van der Waals surface area contributed by atoms with Crippen molar-refractivity contribution >= 4 is 34.7 Å². The highest BCUT2D eigenvalue weighted by Gasteiger charge is 2.36. The number of benzene rings is 2. The van der Waals surface area contributed by atoms with Crippen molar-refractivity contribution in [3.8, 4) is 22.9 Å². The van der Waals surface area contributed by atoms with Crippen LogP contribution in [0.25, 0.3) is 11.4 Å². The van der Waals surface area contributed by atoms with Crippen LogP contribution in [0, 0.1) is 11.6 Å². The average Bonchev–Trinajstić information content (AvgIpc) is 3.08. The normalized spacial score (nSPS) is 11.6. The second-order valence-corrected chi connectivity index (χ2v) is 11.9. The Morgan fingerprint density at radius 3 is 1.37 bits per heavy atom. The Hall–Kier alpha value is -5.52. The smallest absolute Gasteiger partial charge is 0.431 e. The molecule has 2 aromatic carbocycles. The van der Waals surface area contributed by atoms with Gasteiger partial charge in [-0.25, -0.2) is 38.2 Å². The van der Waals surface area contributed by atoms with Gasteiger partial charge in [-0.2, -0.15) is 26.3 Å². The van der Waals surface area contributed by atoms with E-state index in [1.165, 1.54) is 21.1 Å². The maximum atomic E-state index is 14.3. The molecule has 312 valence electrons. The van der Waals surface area contributed by atoms with E-state index in [1.807, 2.05) is 0 Å². The Morgan fingerprint density at radius 1 is 0.702 bits per heavy atom. The number of aromatic nitrogens is 4. The minimum atomic E-state index is -4.94. The molecule has 0 aliphatic carbocycles. The highest BCUT2D eigenvalue weighted by molar-refractivity contribution is 6.32. The Bertz CT molecular complexity index is 2390. The number of halogens is 10. The molecule has 4 rings (SSSR count). The van der Waals surface area contributed by atoms with Crippen LogP contribution in [0.4, 0.5) is 35.1 Å². The molecule has 57 heavy (non-hydrogen) atoms. The molecule has 0 saturated heterocycles. The van der Waals surface area contributed by atoms with E-state index in [9.17, 15) is 59.1 Å². The Morgan fingerprint density at radius 2 is 1.05 bits per heavy atom. The summed E-state index contributed by atoms with van der Waals surface area (Å²) in [4.78, 5) is 68.2. The van der Waals surface area contributed by atoms with Gasteiger partial charge in [0.25, 0.3) is 11.1 Å². The number of ether oxygens (including phenoxy) is 2. The number of carbonyl (C=O) groups is 1. The summed E-state index contributed by atoms with van der Waals surface area (Å²) in [6.07, 6.45) is -9.88. The van der Waals surface area contributed by atoms with Gasteiger partial charge in [0.15, 0.2) is 5.78 Å². The number of ketones is 1. The number of hydrogen-bond donors (Lipinski definition) is 1. The van der Waals surface area contributed by atoms with Crippen LogP contribution >= 0.6 is 23.2 Å². The van der Waals surface area contributed by atoms with Gasteiger partial charge < -0.3 is 14.3 Å². The van der Waals surface area contributed by atoms with E-state index in [2.05, 4.69) is 20.7 Å². The lowest BCUT2D eigenvalue weighted by Crippen LogP contribution is -2.46. The van der Waals surface area contributed by atoms with Gasteiger partial charge in [-0.15, -0.1) is 0 Å². The molecule has 0 radical (unpaired) electrons. The number of hydrogen-bond acceptors (Lipinski definition) is 10. The number of carbonyl (C=O) groups excluding carboxylic acids is 1. The fraction of sp³-hybridized carbons (Fsp3) is 0.312. The van der Waals surface area contributed by atoms with Crippen LogP contribution in [0.15, 0.2) is 60.7 Å². The molecule has 4 aromatic rings. The fourth-order valence-corrected chi connectivity index (χ4v) is 4.79. The Balaban J connectivity index is 0.000000369. The number of Topliss-reactive ketones (excluding diaryl/α,β-unsaturated/α-hetero) is 1. The predicted molar refractivity (Wildman–Crippen MR) is 186 cm³/mol. The maximum absolute atomic E-state index is 14.3. The van der Waals surface area contributed by atoms with Crippen molar-refractivity contribution in [2.45, 2.75) is 26.2 Å². The van der Waals surface area contributed by atoms with E-state index < -0.39 is 75.9 Å². The summed E-state index contributed by atoms with van der Waals surface area (Å²) in [6, 6.07) is 3.66. The van der Waals surface area contributed by atoms with Gasteiger partial charge in [0.05, 0.1) is 34.2 Å². The zero-order chi connectivity index (χ0) is 43.7. The monoisotopic (exact) mass is 865 g/mol. The predicted octanol–water partition coefficient (Wildman–Crippen LogP) is 3.85. The highest BCUT2D eigenvalue weighted by atomic mass is 35.5. The van der Waals surface area contributed by atoms with Crippen molar-refractivity contribution in [1.29, 1.82) is 0 Å². The number of alkyl halides is 6. The Labute approximate surface area is 324 Å². The van der Waals surface area contributed by atoms with Crippen LogP contribution in [-0.4, -0.2) is 57.2 Å². The zero-order valence-corrected chi connectivity index (χ0v) is 31.8. The standard InChI is InChI=1S/C16H14ClF4N3O4.C15H11ClF4N2O4.CH6NO/c1-8(22-27-3)7-28-12-5-11(10(18)4-9(12)17)24-14(25)6-13(16(19,20)21)23(2)15(24)26;1-7(23)6-26-11-4-10(9(17)3-8(11)16)22-13(24)5-12(15(18,19)20)21(2)14(22)25;1-3-2/h4-6H,7H2,1-3H3;3-5H,6H2,1-2H3;1-2H3/q;;+1. The summed E-state index contributed by atoms with van der Waals surface area (Å²) < 4.78 is 117. The molecule has 0 saturated carbocycles. The fourth-order valence-electron chi connectivity index (χ4n) is 4.38. The van der Waals surface area contributed by atoms with Crippen molar-refractivity contribution in [3.05, 3.63) is 111 Å². The first kappa shape index (κ1) is 47.6. The molecule has 0 fully saturated rings. The molecule has 0 aliphatic rings. The molecule has 0 amide bonds. The first-order chi connectivity index (χ1) is 26.3. The molecule has 0 bridgehead atoms. The van der Waals surface area contributed by atoms with Gasteiger partial charge in [-0.1, -0.05) is 28.4 Å². The lowest BCUT2D eigenvalue weighted by Gasteiger charge is -2.15. The summed E-state index contributed by atoms with van der Waals surface area (Å²) in [6.45, 7) is 2.26. The second kappa shape index (κ2) is 19.6. The number of nitrogens with zero attached hydrogens (tertiary/aromatic N) is 5. The maximum Gasteiger partial charge on any atom is 0.431 e. The largest absolute Gasteiger partial charge is 0.486 e. The Kier molecular flexibility index (Phi) is 16.3. The first-order valence-corrected chi connectivity index (χ1v) is 16.0.